The summed E-state index contributed by atoms with van der Waals surface area (Å²) in [4.78, 5) is 15.9. The second kappa shape index (κ2) is 8.14. The number of carbonyl (C=O) groups excluding carboxylic acids is 1. The highest BCUT2D eigenvalue weighted by Crippen LogP contribution is 2.31. The minimum Gasteiger partial charge on any atom is -0.358 e. The predicted molar refractivity (Wildman–Crippen MR) is 103 cm³/mol. The van der Waals surface area contributed by atoms with Gasteiger partial charge in [-0.25, -0.2) is 0 Å². The van der Waals surface area contributed by atoms with Gasteiger partial charge in [-0.05, 0) is 29.7 Å². The van der Waals surface area contributed by atoms with Gasteiger partial charge in [-0.2, -0.15) is 0 Å². The lowest BCUT2D eigenvalue weighted by atomic mass is 10.0. The molecule has 0 aliphatic heterocycles. The maximum atomic E-state index is 11.7. The minimum atomic E-state index is -0.0513. The van der Waals surface area contributed by atoms with Crippen molar-refractivity contribution in [2.24, 2.45) is 0 Å². The second-order valence-electron chi connectivity index (χ2n) is 6.06. The van der Waals surface area contributed by atoms with Gasteiger partial charge in [-0.3, -0.25) is 14.3 Å². The lowest BCUT2D eigenvalue weighted by molar-refractivity contribution is -0.118. The fourth-order valence-corrected chi connectivity index (χ4v) is 3.46. The third-order valence-electron chi connectivity index (χ3n) is 3.96. The number of carbonyl (C=O) groups is 1. The van der Waals surface area contributed by atoms with Crippen LogP contribution in [0.3, 0.4) is 0 Å². The molecule has 2 aromatic heterocycles. The molecule has 0 fully saturated rings. The van der Waals surface area contributed by atoms with Gasteiger partial charge in [0.05, 0.1) is 11.4 Å². The Morgan fingerprint density at radius 1 is 1.19 bits per heavy atom. The smallest absolute Gasteiger partial charge is 0.230 e. The highest BCUT2D eigenvalue weighted by Gasteiger charge is 2.20. The van der Waals surface area contributed by atoms with Crippen LogP contribution in [-0.2, 0) is 4.79 Å². The molecule has 134 valence electrons. The Balaban J connectivity index is 2.14. The fraction of sp³-hybridized carbons (Fsp3) is 0.263. The van der Waals surface area contributed by atoms with E-state index in [-0.39, 0.29) is 11.7 Å². The van der Waals surface area contributed by atoms with E-state index in [1.54, 1.807) is 19.4 Å². The number of thioether (sulfide) groups is 1. The van der Waals surface area contributed by atoms with Gasteiger partial charge in [0, 0.05) is 25.0 Å². The van der Waals surface area contributed by atoms with E-state index in [1.165, 1.54) is 17.3 Å². The number of hydrogen-bond acceptors (Lipinski definition) is 5. The molecule has 0 aliphatic rings. The van der Waals surface area contributed by atoms with E-state index in [1.807, 2.05) is 28.8 Å². The van der Waals surface area contributed by atoms with Crippen molar-refractivity contribution < 1.29 is 4.79 Å². The number of nitrogens with one attached hydrogen (secondary N) is 1. The number of aromatic nitrogens is 4. The Bertz CT molecular complexity index is 892. The number of hydrogen-bond donors (Lipinski definition) is 1. The largest absolute Gasteiger partial charge is 0.358 e. The number of pyridine rings is 1. The first-order chi connectivity index (χ1) is 12.6. The average molecular weight is 367 g/mol. The first-order valence-corrected chi connectivity index (χ1v) is 9.39. The highest BCUT2D eigenvalue weighted by molar-refractivity contribution is 7.99. The van der Waals surface area contributed by atoms with Gasteiger partial charge in [0.25, 0.3) is 0 Å². The minimum absolute atomic E-state index is 0.0513. The van der Waals surface area contributed by atoms with Crippen LogP contribution in [0.1, 0.15) is 25.3 Å². The lowest BCUT2D eigenvalue weighted by Crippen LogP contribution is -2.20. The van der Waals surface area contributed by atoms with Gasteiger partial charge in [0.2, 0.25) is 5.91 Å². The molecular formula is C19H21N5OS. The number of amides is 1. The molecule has 0 saturated heterocycles. The predicted octanol–water partition coefficient (Wildman–Crippen LogP) is 3.29. The topological polar surface area (TPSA) is 72.7 Å². The Morgan fingerprint density at radius 2 is 2.00 bits per heavy atom. The van der Waals surface area contributed by atoms with Crippen molar-refractivity contribution in [1.82, 2.24) is 25.1 Å². The summed E-state index contributed by atoms with van der Waals surface area (Å²) in [6, 6.07) is 12.0. The SMILES string of the molecule is CNC(=O)CSc1nnc(-c2cccnc2)n1-c1ccccc1C(C)C. The first kappa shape index (κ1) is 18.1. The molecule has 0 atom stereocenters. The third kappa shape index (κ3) is 3.77. The van der Waals surface area contributed by atoms with Crippen LogP contribution in [0.15, 0.2) is 53.9 Å². The van der Waals surface area contributed by atoms with Crippen molar-refractivity contribution in [2.45, 2.75) is 24.9 Å². The summed E-state index contributed by atoms with van der Waals surface area (Å²) in [7, 11) is 1.63. The number of para-hydroxylation sites is 1. The van der Waals surface area contributed by atoms with E-state index in [2.05, 4.69) is 46.5 Å². The van der Waals surface area contributed by atoms with Crippen molar-refractivity contribution >= 4 is 17.7 Å². The van der Waals surface area contributed by atoms with Crippen LogP contribution in [-0.4, -0.2) is 38.5 Å². The lowest BCUT2D eigenvalue weighted by Gasteiger charge is -2.16. The molecule has 0 unspecified atom stereocenters. The van der Waals surface area contributed by atoms with E-state index >= 15 is 0 Å². The average Bonchev–Trinajstić information content (AvgIpc) is 3.10. The Morgan fingerprint density at radius 3 is 2.69 bits per heavy atom. The first-order valence-electron chi connectivity index (χ1n) is 8.40. The molecule has 0 saturated carbocycles. The highest BCUT2D eigenvalue weighted by atomic mass is 32.2. The van der Waals surface area contributed by atoms with Crippen molar-refractivity contribution in [2.75, 3.05) is 12.8 Å². The van der Waals surface area contributed by atoms with Crippen LogP contribution >= 0.6 is 11.8 Å². The number of benzene rings is 1. The third-order valence-corrected chi connectivity index (χ3v) is 4.89. The van der Waals surface area contributed by atoms with Gasteiger partial charge < -0.3 is 5.32 Å². The molecule has 6 nitrogen and oxygen atoms in total. The van der Waals surface area contributed by atoms with Crippen molar-refractivity contribution in [1.29, 1.82) is 0 Å². The summed E-state index contributed by atoms with van der Waals surface area (Å²) in [5.74, 6) is 1.29. The van der Waals surface area contributed by atoms with Gasteiger partial charge >= 0.3 is 0 Å². The molecule has 7 heteroatoms. The zero-order valence-corrected chi connectivity index (χ0v) is 15.8. The molecular weight excluding hydrogens is 346 g/mol. The molecule has 2 heterocycles. The van der Waals surface area contributed by atoms with Crippen molar-refractivity contribution in [3.8, 4) is 17.1 Å². The Labute approximate surface area is 157 Å². The zero-order chi connectivity index (χ0) is 18.5. The van der Waals surface area contributed by atoms with Gasteiger partial charge in [-0.15, -0.1) is 10.2 Å². The normalized spacial score (nSPS) is 10.9. The Hall–Kier alpha value is -2.67. The van der Waals surface area contributed by atoms with E-state index in [0.717, 1.165) is 11.3 Å². The maximum absolute atomic E-state index is 11.7. The Kier molecular flexibility index (Phi) is 5.68. The van der Waals surface area contributed by atoms with Crippen LogP contribution in [0, 0.1) is 0 Å². The molecule has 3 rings (SSSR count). The summed E-state index contributed by atoms with van der Waals surface area (Å²) in [6.45, 7) is 4.31. The maximum Gasteiger partial charge on any atom is 0.230 e. The van der Waals surface area contributed by atoms with Crippen LogP contribution in [0.25, 0.3) is 17.1 Å². The summed E-state index contributed by atoms with van der Waals surface area (Å²) >= 11 is 1.37. The summed E-state index contributed by atoms with van der Waals surface area (Å²) < 4.78 is 2.01. The van der Waals surface area contributed by atoms with Crippen molar-refractivity contribution in [3.05, 3.63) is 54.4 Å². The van der Waals surface area contributed by atoms with E-state index in [9.17, 15) is 4.79 Å². The van der Waals surface area contributed by atoms with E-state index < -0.39 is 0 Å². The summed E-state index contributed by atoms with van der Waals surface area (Å²) in [5.41, 5.74) is 3.09. The van der Waals surface area contributed by atoms with Crippen LogP contribution < -0.4 is 5.32 Å². The van der Waals surface area contributed by atoms with E-state index in [4.69, 9.17) is 0 Å². The molecule has 0 aliphatic carbocycles. The standard InChI is InChI=1S/C19H21N5OS/c1-13(2)15-8-4-5-9-16(15)24-18(14-7-6-10-21-11-14)22-23-19(24)26-12-17(25)20-3/h4-11,13H,12H2,1-3H3,(H,20,25). The van der Waals surface area contributed by atoms with E-state index in [0.29, 0.717) is 16.9 Å². The molecule has 3 aromatic rings. The molecule has 1 aromatic carbocycles. The monoisotopic (exact) mass is 367 g/mol. The zero-order valence-electron chi connectivity index (χ0n) is 15.0. The van der Waals surface area contributed by atoms with Gasteiger partial charge in [-0.1, -0.05) is 43.8 Å². The van der Waals surface area contributed by atoms with Crippen LogP contribution in [0.2, 0.25) is 0 Å². The van der Waals surface area contributed by atoms with Crippen LogP contribution in [0.5, 0.6) is 0 Å². The van der Waals surface area contributed by atoms with Crippen molar-refractivity contribution in [3.63, 3.8) is 0 Å². The molecule has 0 radical (unpaired) electrons. The quantitative estimate of drug-likeness (QED) is 0.677. The van der Waals surface area contributed by atoms with Crippen LogP contribution in [0.4, 0.5) is 0 Å². The summed E-state index contributed by atoms with van der Waals surface area (Å²) in [5, 5.41) is 12.0. The second-order valence-corrected chi connectivity index (χ2v) is 7.00. The molecule has 1 N–H and O–H groups in total. The molecule has 26 heavy (non-hydrogen) atoms. The fourth-order valence-electron chi connectivity index (χ4n) is 2.64. The molecule has 0 spiro atoms. The summed E-state index contributed by atoms with van der Waals surface area (Å²) in [6.07, 6.45) is 3.50. The van der Waals surface area contributed by atoms with Gasteiger partial charge in [0.15, 0.2) is 11.0 Å². The number of nitrogens with zero attached hydrogens (tertiary/aromatic N) is 4. The molecule has 1 amide bonds. The molecule has 0 bridgehead atoms. The van der Waals surface area contributed by atoms with Gasteiger partial charge in [0.1, 0.15) is 0 Å². The number of rotatable bonds is 6.